The van der Waals surface area contributed by atoms with E-state index in [0.29, 0.717) is 17.4 Å². The van der Waals surface area contributed by atoms with Gasteiger partial charge in [-0.25, -0.2) is 8.42 Å². The summed E-state index contributed by atoms with van der Waals surface area (Å²) in [6.07, 6.45) is -0.201. The third kappa shape index (κ3) is 4.55. The van der Waals surface area contributed by atoms with E-state index in [-0.39, 0.29) is 13.1 Å². The van der Waals surface area contributed by atoms with Crippen LogP contribution in [-0.4, -0.2) is 17.7 Å². The van der Waals surface area contributed by atoms with Gasteiger partial charge in [-0.1, -0.05) is 12.1 Å². The number of sulfonamides is 1. The summed E-state index contributed by atoms with van der Waals surface area (Å²) in [6.45, 7) is -0.187. The van der Waals surface area contributed by atoms with Gasteiger partial charge in [0, 0.05) is 18.9 Å². The molecule has 0 radical (unpaired) electrons. The molecule has 0 unspecified atom stereocenters. The van der Waals surface area contributed by atoms with Gasteiger partial charge in [0.15, 0.2) is 0 Å². The minimum atomic E-state index is -4.64. The van der Waals surface area contributed by atoms with Gasteiger partial charge in [0.1, 0.15) is 5.76 Å². The zero-order chi connectivity index (χ0) is 19.5. The number of nitrogens with zero attached hydrogens (tertiary/aromatic N) is 2. The van der Waals surface area contributed by atoms with Crippen molar-refractivity contribution in [2.24, 2.45) is 0 Å². The highest BCUT2D eigenvalue weighted by Crippen LogP contribution is 2.31. The van der Waals surface area contributed by atoms with E-state index in [9.17, 15) is 21.6 Å². The second-order valence-corrected chi connectivity index (χ2v) is 7.68. The maximum Gasteiger partial charge on any atom is 0.416 e. The molecule has 0 fully saturated rings. The lowest BCUT2D eigenvalue weighted by molar-refractivity contribution is -0.137. The van der Waals surface area contributed by atoms with Crippen LogP contribution >= 0.6 is 0 Å². The second kappa shape index (κ2) is 7.53. The Balaban J connectivity index is 1.99. The average Bonchev–Trinajstić information content (AvgIpc) is 3.15. The van der Waals surface area contributed by atoms with Crippen molar-refractivity contribution in [3.63, 3.8) is 0 Å². The molecule has 5 nitrogen and oxygen atoms in total. The third-order valence-electron chi connectivity index (χ3n) is 3.79. The van der Waals surface area contributed by atoms with Gasteiger partial charge in [0.2, 0.25) is 10.0 Å². The highest BCUT2D eigenvalue weighted by Gasteiger charge is 2.33. The first-order valence-electron chi connectivity index (χ1n) is 7.85. The Morgan fingerprint density at radius 2 is 1.85 bits per heavy atom. The largest absolute Gasteiger partial charge is 0.468 e. The summed E-state index contributed by atoms with van der Waals surface area (Å²) in [5.41, 5.74) is -0.428. The number of halogens is 3. The molecule has 0 saturated heterocycles. The smallest absolute Gasteiger partial charge is 0.416 e. The normalized spacial score (nSPS) is 12.4. The molecule has 1 aromatic carbocycles. The first kappa shape index (κ1) is 19.1. The van der Waals surface area contributed by atoms with Gasteiger partial charge in [-0.2, -0.15) is 17.5 Å². The molecule has 2 heterocycles. The molecule has 27 heavy (non-hydrogen) atoms. The molecule has 0 aliphatic rings. The maximum absolute atomic E-state index is 13.0. The van der Waals surface area contributed by atoms with Gasteiger partial charge < -0.3 is 4.42 Å². The molecule has 0 saturated carbocycles. The molecular formula is C18H15F3N2O3S. The zero-order valence-electron chi connectivity index (χ0n) is 13.9. The van der Waals surface area contributed by atoms with Crippen molar-refractivity contribution in [2.45, 2.75) is 24.2 Å². The fourth-order valence-corrected chi connectivity index (χ4v) is 3.92. The summed E-state index contributed by atoms with van der Waals surface area (Å²) in [6, 6.07) is 10.2. The van der Waals surface area contributed by atoms with Crippen LogP contribution in [0, 0.1) is 0 Å². The number of aromatic nitrogens is 1. The lowest BCUT2D eigenvalue weighted by atomic mass is 10.2. The number of alkyl halides is 3. The highest BCUT2D eigenvalue weighted by molar-refractivity contribution is 7.89. The van der Waals surface area contributed by atoms with Crippen molar-refractivity contribution in [3.8, 4) is 0 Å². The molecule has 3 aromatic rings. The Hall–Kier alpha value is -2.65. The van der Waals surface area contributed by atoms with Crippen LogP contribution in [0.2, 0.25) is 0 Å². The Morgan fingerprint density at radius 1 is 1.04 bits per heavy atom. The number of pyridine rings is 1. The first-order valence-corrected chi connectivity index (χ1v) is 9.29. The number of rotatable bonds is 6. The van der Waals surface area contributed by atoms with E-state index in [1.54, 1.807) is 30.5 Å². The van der Waals surface area contributed by atoms with Crippen LogP contribution in [-0.2, 0) is 29.3 Å². The van der Waals surface area contributed by atoms with Crippen LogP contribution < -0.4 is 0 Å². The molecule has 142 valence electrons. The van der Waals surface area contributed by atoms with Crippen molar-refractivity contribution < 1.29 is 26.0 Å². The van der Waals surface area contributed by atoms with Crippen LogP contribution in [0.5, 0.6) is 0 Å². The summed E-state index contributed by atoms with van der Waals surface area (Å²) in [5, 5.41) is 0. The predicted molar refractivity (Wildman–Crippen MR) is 90.8 cm³/mol. The number of hydrogen-bond acceptors (Lipinski definition) is 4. The standard InChI is InChI=1S/C18H15F3N2O3S/c19-18(20,21)15-5-1-7-17(10-15)27(24,25)23(13-16-6-3-9-26-16)12-14-4-2-8-22-11-14/h1-11H,12-13H2. The van der Waals surface area contributed by atoms with Crippen molar-refractivity contribution >= 4 is 10.0 Å². The minimum Gasteiger partial charge on any atom is -0.468 e. The van der Waals surface area contributed by atoms with Gasteiger partial charge in [-0.3, -0.25) is 4.98 Å². The van der Waals surface area contributed by atoms with Crippen LogP contribution in [0.25, 0.3) is 0 Å². The molecule has 0 bridgehead atoms. The van der Waals surface area contributed by atoms with Crippen LogP contribution in [0.3, 0.4) is 0 Å². The second-order valence-electron chi connectivity index (χ2n) is 5.74. The fraction of sp³-hybridized carbons (Fsp3) is 0.167. The van der Waals surface area contributed by atoms with E-state index in [1.165, 1.54) is 12.5 Å². The van der Waals surface area contributed by atoms with Gasteiger partial charge in [-0.05, 0) is 42.0 Å². The van der Waals surface area contributed by atoms with E-state index in [1.807, 2.05) is 0 Å². The topological polar surface area (TPSA) is 63.4 Å². The number of furan rings is 1. The Kier molecular flexibility index (Phi) is 5.33. The molecule has 0 amide bonds. The van der Waals surface area contributed by atoms with Crippen molar-refractivity contribution in [2.75, 3.05) is 0 Å². The molecule has 9 heteroatoms. The van der Waals surface area contributed by atoms with Crippen molar-refractivity contribution in [1.82, 2.24) is 9.29 Å². The quantitative estimate of drug-likeness (QED) is 0.630. The first-order chi connectivity index (χ1) is 12.8. The SMILES string of the molecule is O=S(=O)(c1cccc(C(F)(F)F)c1)N(Cc1cccnc1)Cc1ccco1. The lowest BCUT2D eigenvalue weighted by Crippen LogP contribution is -2.30. The lowest BCUT2D eigenvalue weighted by Gasteiger charge is -2.22. The van der Waals surface area contributed by atoms with Gasteiger partial charge >= 0.3 is 6.18 Å². The van der Waals surface area contributed by atoms with E-state index in [0.717, 1.165) is 22.5 Å². The molecule has 0 N–H and O–H groups in total. The van der Waals surface area contributed by atoms with Gasteiger partial charge in [-0.15, -0.1) is 0 Å². The molecule has 0 aliphatic heterocycles. The molecular weight excluding hydrogens is 381 g/mol. The fourth-order valence-electron chi connectivity index (χ4n) is 2.48. The third-order valence-corrected chi connectivity index (χ3v) is 5.58. The van der Waals surface area contributed by atoms with E-state index in [2.05, 4.69) is 4.98 Å². The van der Waals surface area contributed by atoms with E-state index in [4.69, 9.17) is 4.42 Å². The zero-order valence-corrected chi connectivity index (χ0v) is 14.7. The minimum absolute atomic E-state index is 0.0624. The Morgan fingerprint density at radius 3 is 2.48 bits per heavy atom. The monoisotopic (exact) mass is 396 g/mol. The van der Waals surface area contributed by atoms with Gasteiger partial charge in [0.05, 0.1) is 23.3 Å². The molecule has 0 atom stereocenters. The average molecular weight is 396 g/mol. The van der Waals surface area contributed by atoms with Crippen LogP contribution in [0.15, 0.2) is 76.5 Å². The molecule has 0 aliphatic carbocycles. The van der Waals surface area contributed by atoms with E-state index >= 15 is 0 Å². The summed E-state index contributed by atoms with van der Waals surface area (Å²) in [7, 11) is -4.21. The van der Waals surface area contributed by atoms with Crippen molar-refractivity contribution in [1.29, 1.82) is 0 Å². The highest BCUT2D eigenvalue weighted by atomic mass is 32.2. The van der Waals surface area contributed by atoms with Crippen LogP contribution in [0.4, 0.5) is 13.2 Å². The number of hydrogen-bond donors (Lipinski definition) is 0. The van der Waals surface area contributed by atoms with Crippen LogP contribution in [0.1, 0.15) is 16.9 Å². The molecule has 3 rings (SSSR count). The molecule has 2 aromatic heterocycles. The summed E-state index contributed by atoms with van der Waals surface area (Å²) in [5.74, 6) is 0.370. The van der Waals surface area contributed by atoms with Crippen molar-refractivity contribution in [3.05, 3.63) is 84.1 Å². The summed E-state index contributed by atoms with van der Waals surface area (Å²) in [4.78, 5) is 3.51. The van der Waals surface area contributed by atoms with E-state index < -0.39 is 26.7 Å². The summed E-state index contributed by atoms with van der Waals surface area (Å²) >= 11 is 0. The Labute approximate surface area is 154 Å². The maximum atomic E-state index is 13.0. The Bertz CT molecular complexity index is 988. The van der Waals surface area contributed by atoms with Gasteiger partial charge in [0.25, 0.3) is 0 Å². The summed E-state index contributed by atoms with van der Waals surface area (Å²) < 4.78 is 71.3. The number of benzene rings is 1. The predicted octanol–water partition coefficient (Wildman–Crippen LogP) is 4.08. The molecule has 0 spiro atoms.